The van der Waals surface area contributed by atoms with Crippen molar-refractivity contribution >= 4 is 29.2 Å². The van der Waals surface area contributed by atoms with Crippen LogP contribution in [0.2, 0.25) is 5.02 Å². The SMILES string of the molecule is COC(=O)c1cc(OC)c(OC)cc1NC(=O)CCc1ccc(Cl)cc1. The number of esters is 1. The van der Waals surface area contributed by atoms with Crippen molar-refractivity contribution in [3.63, 3.8) is 0 Å². The first kappa shape index (κ1) is 19.6. The molecule has 0 aliphatic carbocycles. The van der Waals surface area contributed by atoms with Crippen LogP contribution in [-0.2, 0) is 16.0 Å². The van der Waals surface area contributed by atoms with E-state index in [2.05, 4.69) is 5.32 Å². The molecule has 1 N–H and O–H groups in total. The van der Waals surface area contributed by atoms with Crippen molar-refractivity contribution in [1.82, 2.24) is 0 Å². The molecule has 0 bridgehead atoms. The van der Waals surface area contributed by atoms with E-state index >= 15 is 0 Å². The van der Waals surface area contributed by atoms with Crippen molar-refractivity contribution in [2.45, 2.75) is 12.8 Å². The fourth-order valence-corrected chi connectivity index (χ4v) is 2.51. The quantitative estimate of drug-likeness (QED) is 0.744. The van der Waals surface area contributed by atoms with E-state index in [-0.39, 0.29) is 17.9 Å². The summed E-state index contributed by atoms with van der Waals surface area (Å²) in [6.45, 7) is 0. The minimum atomic E-state index is -0.584. The van der Waals surface area contributed by atoms with Gasteiger partial charge in [-0.05, 0) is 24.1 Å². The zero-order valence-electron chi connectivity index (χ0n) is 14.8. The number of carbonyl (C=O) groups excluding carboxylic acids is 2. The molecule has 138 valence electrons. The molecular weight excluding hydrogens is 358 g/mol. The van der Waals surface area contributed by atoms with Crippen molar-refractivity contribution in [2.75, 3.05) is 26.6 Å². The predicted molar refractivity (Wildman–Crippen MR) is 99.3 cm³/mol. The number of benzene rings is 2. The van der Waals surface area contributed by atoms with E-state index in [1.165, 1.54) is 33.5 Å². The highest BCUT2D eigenvalue weighted by molar-refractivity contribution is 6.30. The van der Waals surface area contributed by atoms with Gasteiger partial charge in [0.1, 0.15) is 0 Å². The second kappa shape index (κ2) is 9.10. The summed E-state index contributed by atoms with van der Waals surface area (Å²) in [7, 11) is 4.20. The topological polar surface area (TPSA) is 73.9 Å². The van der Waals surface area contributed by atoms with E-state index in [0.717, 1.165) is 5.56 Å². The van der Waals surface area contributed by atoms with Crippen molar-refractivity contribution in [1.29, 1.82) is 0 Å². The molecule has 0 saturated heterocycles. The first-order chi connectivity index (χ1) is 12.5. The Bertz CT molecular complexity index is 789. The zero-order chi connectivity index (χ0) is 19.1. The van der Waals surface area contributed by atoms with Gasteiger partial charge in [0.05, 0.1) is 32.6 Å². The minimum Gasteiger partial charge on any atom is -0.493 e. The average molecular weight is 378 g/mol. The average Bonchev–Trinajstić information content (AvgIpc) is 2.66. The molecule has 0 saturated carbocycles. The molecule has 0 atom stereocenters. The highest BCUT2D eigenvalue weighted by atomic mass is 35.5. The Morgan fingerprint density at radius 1 is 1.00 bits per heavy atom. The predicted octanol–water partition coefficient (Wildman–Crippen LogP) is 3.72. The number of aryl methyl sites for hydroxylation is 1. The lowest BCUT2D eigenvalue weighted by Gasteiger charge is -2.14. The van der Waals surface area contributed by atoms with Crippen molar-refractivity contribution in [3.8, 4) is 11.5 Å². The fraction of sp³-hybridized carbons (Fsp3) is 0.263. The Morgan fingerprint density at radius 2 is 1.62 bits per heavy atom. The van der Waals surface area contributed by atoms with Crippen molar-refractivity contribution in [3.05, 3.63) is 52.5 Å². The molecule has 1 amide bonds. The maximum absolute atomic E-state index is 12.3. The lowest BCUT2D eigenvalue weighted by Crippen LogP contribution is -2.16. The molecule has 0 aliphatic rings. The Hall–Kier alpha value is -2.73. The smallest absolute Gasteiger partial charge is 0.340 e. The Balaban J connectivity index is 2.16. The van der Waals surface area contributed by atoms with Gasteiger partial charge in [-0.3, -0.25) is 4.79 Å². The molecule has 2 aromatic carbocycles. The van der Waals surface area contributed by atoms with Crippen LogP contribution in [0.3, 0.4) is 0 Å². The third kappa shape index (κ3) is 4.89. The number of rotatable bonds is 7. The second-order valence-electron chi connectivity index (χ2n) is 5.42. The molecule has 0 aliphatic heterocycles. The molecule has 0 aromatic heterocycles. The molecule has 6 nitrogen and oxygen atoms in total. The van der Waals surface area contributed by atoms with Crippen LogP contribution < -0.4 is 14.8 Å². The van der Waals surface area contributed by atoms with Gasteiger partial charge in [-0.1, -0.05) is 23.7 Å². The summed E-state index contributed by atoms with van der Waals surface area (Å²) in [5.41, 5.74) is 1.48. The fourth-order valence-electron chi connectivity index (χ4n) is 2.38. The summed E-state index contributed by atoms with van der Waals surface area (Å²) >= 11 is 5.85. The number of methoxy groups -OCH3 is 3. The maximum Gasteiger partial charge on any atom is 0.340 e. The zero-order valence-corrected chi connectivity index (χ0v) is 15.6. The first-order valence-electron chi connectivity index (χ1n) is 7.87. The van der Waals surface area contributed by atoms with E-state index in [4.69, 9.17) is 25.8 Å². The number of carbonyl (C=O) groups is 2. The van der Waals surface area contributed by atoms with Gasteiger partial charge in [0.2, 0.25) is 5.91 Å². The third-order valence-corrected chi connectivity index (χ3v) is 4.01. The number of hydrogen-bond acceptors (Lipinski definition) is 5. The molecule has 0 unspecified atom stereocenters. The summed E-state index contributed by atoms with van der Waals surface area (Å²) in [5.74, 6) is -0.0588. The van der Waals surface area contributed by atoms with Crippen LogP contribution in [0.15, 0.2) is 36.4 Å². The molecule has 7 heteroatoms. The van der Waals surface area contributed by atoms with E-state index in [1.54, 1.807) is 12.1 Å². The van der Waals surface area contributed by atoms with E-state index in [1.807, 2.05) is 12.1 Å². The van der Waals surface area contributed by atoms with Gasteiger partial charge in [0.25, 0.3) is 0 Å². The molecule has 0 radical (unpaired) electrons. The Labute approximate surface area is 157 Å². The Kier molecular flexibility index (Phi) is 6.86. The van der Waals surface area contributed by atoms with Gasteiger partial charge in [0, 0.05) is 23.6 Å². The molecule has 0 heterocycles. The van der Waals surface area contributed by atoms with Crippen molar-refractivity contribution < 1.29 is 23.8 Å². The van der Waals surface area contributed by atoms with Gasteiger partial charge in [0.15, 0.2) is 11.5 Å². The van der Waals surface area contributed by atoms with Crippen LogP contribution >= 0.6 is 11.6 Å². The van der Waals surface area contributed by atoms with E-state index < -0.39 is 5.97 Å². The Morgan fingerprint density at radius 3 is 2.19 bits per heavy atom. The lowest BCUT2D eigenvalue weighted by atomic mass is 10.1. The summed E-state index contributed by atoms with van der Waals surface area (Å²) in [5, 5.41) is 3.38. The van der Waals surface area contributed by atoms with E-state index in [9.17, 15) is 9.59 Å². The van der Waals surface area contributed by atoms with Gasteiger partial charge in [-0.25, -0.2) is 4.79 Å². The minimum absolute atomic E-state index is 0.185. The molecule has 0 fully saturated rings. The molecule has 2 aromatic rings. The van der Waals surface area contributed by atoms with Crippen LogP contribution in [0.25, 0.3) is 0 Å². The van der Waals surface area contributed by atoms with Gasteiger partial charge < -0.3 is 19.5 Å². The van der Waals surface area contributed by atoms with Gasteiger partial charge >= 0.3 is 5.97 Å². The summed E-state index contributed by atoms with van der Waals surface area (Å²) in [6.07, 6.45) is 0.792. The number of amides is 1. The highest BCUT2D eigenvalue weighted by Gasteiger charge is 2.19. The number of ether oxygens (including phenoxy) is 3. The molecule has 26 heavy (non-hydrogen) atoms. The van der Waals surface area contributed by atoms with Crippen molar-refractivity contribution in [2.24, 2.45) is 0 Å². The standard InChI is InChI=1S/C19H20ClNO5/c1-24-16-10-14(19(23)26-3)15(11-17(16)25-2)21-18(22)9-6-12-4-7-13(20)8-5-12/h4-5,7-8,10-11H,6,9H2,1-3H3,(H,21,22). The second-order valence-corrected chi connectivity index (χ2v) is 5.86. The third-order valence-electron chi connectivity index (χ3n) is 3.76. The summed E-state index contributed by atoms with van der Waals surface area (Å²) in [6, 6.07) is 10.3. The molecular formula is C19H20ClNO5. The van der Waals surface area contributed by atoms with Gasteiger partial charge in [-0.15, -0.1) is 0 Å². The summed E-state index contributed by atoms with van der Waals surface area (Å²) in [4.78, 5) is 24.3. The monoisotopic (exact) mass is 377 g/mol. The lowest BCUT2D eigenvalue weighted by molar-refractivity contribution is -0.116. The number of halogens is 1. The van der Waals surface area contributed by atoms with Crippen LogP contribution in [0.1, 0.15) is 22.3 Å². The summed E-state index contributed by atoms with van der Waals surface area (Å²) < 4.78 is 15.2. The molecule has 2 rings (SSSR count). The number of hydrogen-bond donors (Lipinski definition) is 1. The number of anilines is 1. The molecule has 0 spiro atoms. The van der Waals surface area contributed by atoms with Crippen LogP contribution in [0.5, 0.6) is 11.5 Å². The van der Waals surface area contributed by atoms with E-state index in [0.29, 0.717) is 28.6 Å². The highest BCUT2D eigenvalue weighted by Crippen LogP contribution is 2.33. The first-order valence-corrected chi connectivity index (χ1v) is 8.25. The number of nitrogens with one attached hydrogen (secondary N) is 1. The van der Waals surface area contributed by atoms with Crippen LogP contribution in [0.4, 0.5) is 5.69 Å². The normalized spacial score (nSPS) is 10.2. The van der Waals surface area contributed by atoms with Crippen LogP contribution in [0, 0.1) is 0 Å². The maximum atomic E-state index is 12.3. The largest absolute Gasteiger partial charge is 0.493 e. The van der Waals surface area contributed by atoms with Gasteiger partial charge in [-0.2, -0.15) is 0 Å². The van der Waals surface area contributed by atoms with Crippen LogP contribution in [-0.4, -0.2) is 33.2 Å².